The fourth-order valence-corrected chi connectivity index (χ4v) is 3.13. The minimum Gasteiger partial charge on any atom is -0.463 e. The van der Waals surface area contributed by atoms with E-state index >= 15 is 0 Å². The van der Waals surface area contributed by atoms with E-state index in [9.17, 15) is 4.79 Å². The molecule has 2 aromatic heterocycles. The lowest BCUT2D eigenvalue weighted by Gasteiger charge is -2.13. The number of anilines is 2. The highest BCUT2D eigenvalue weighted by Gasteiger charge is 2.18. The molecular weight excluding hydrogens is 328 g/mol. The van der Waals surface area contributed by atoms with Crippen LogP contribution < -0.4 is 16.7 Å². The number of hydrogen-bond donors (Lipinski definition) is 2. The molecule has 2 aromatic carbocycles. The summed E-state index contributed by atoms with van der Waals surface area (Å²) in [5, 5.41) is 4.90. The molecule has 0 fully saturated rings. The van der Waals surface area contributed by atoms with Gasteiger partial charge in [0.2, 0.25) is 0 Å². The first-order valence-corrected chi connectivity index (χ1v) is 7.64. The van der Waals surface area contributed by atoms with E-state index in [-0.39, 0.29) is 0 Å². The van der Waals surface area contributed by atoms with Crippen LogP contribution in [-0.2, 0) is 0 Å². The summed E-state index contributed by atoms with van der Waals surface area (Å²) in [7, 11) is 1.70. The molecule has 120 valence electrons. The number of nitrogens with zero attached hydrogens (tertiary/aromatic N) is 2. The smallest absolute Gasteiger partial charge is 0.354 e. The number of nitrogen functional groups attached to an aromatic ring is 1. The summed E-state index contributed by atoms with van der Waals surface area (Å²) in [5.74, 6) is 0.437. The van der Waals surface area contributed by atoms with Crippen molar-refractivity contribution in [1.82, 2.24) is 9.55 Å². The molecule has 0 saturated carbocycles. The topological polar surface area (TPSA) is 86.1 Å². The van der Waals surface area contributed by atoms with Gasteiger partial charge < -0.3 is 15.5 Å². The molecule has 0 radical (unpaired) electrons. The van der Waals surface area contributed by atoms with Crippen molar-refractivity contribution in [1.29, 1.82) is 0 Å². The molecule has 24 heavy (non-hydrogen) atoms. The van der Waals surface area contributed by atoms with Crippen LogP contribution in [0.15, 0.2) is 51.9 Å². The fraction of sp³-hybridized carbons (Fsp3) is 0.0588. The largest absolute Gasteiger partial charge is 0.463 e. The molecule has 0 aliphatic rings. The lowest BCUT2D eigenvalue weighted by Crippen LogP contribution is -2.23. The SMILES string of the molecule is CNc1nc(=O)n(-c2cccc(N)c2)c2cc(Cl)c3ccoc3c12. The van der Waals surface area contributed by atoms with Gasteiger partial charge in [0.15, 0.2) is 0 Å². The van der Waals surface area contributed by atoms with Crippen molar-refractivity contribution >= 4 is 45.0 Å². The van der Waals surface area contributed by atoms with Crippen LogP contribution in [0.3, 0.4) is 0 Å². The molecule has 0 amide bonds. The molecule has 0 aliphatic carbocycles. The number of nitrogens with two attached hydrogens (primary N) is 1. The fourth-order valence-electron chi connectivity index (χ4n) is 2.88. The summed E-state index contributed by atoms with van der Waals surface area (Å²) in [6.45, 7) is 0. The summed E-state index contributed by atoms with van der Waals surface area (Å²) in [6.07, 6.45) is 1.56. The Bertz CT molecular complexity index is 1150. The highest BCUT2D eigenvalue weighted by Crippen LogP contribution is 2.35. The Hall–Kier alpha value is -2.99. The molecule has 4 rings (SSSR count). The summed E-state index contributed by atoms with van der Waals surface area (Å²) >= 11 is 6.38. The number of nitrogens with one attached hydrogen (secondary N) is 1. The third-order valence-corrected chi connectivity index (χ3v) is 4.22. The average Bonchev–Trinajstić information content (AvgIpc) is 3.04. The van der Waals surface area contributed by atoms with Gasteiger partial charge in [0.05, 0.1) is 27.9 Å². The first-order valence-electron chi connectivity index (χ1n) is 7.26. The van der Waals surface area contributed by atoms with Gasteiger partial charge in [-0.3, -0.25) is 4.57 Å². The van der Waals surface area contributed by atoms with Gasteiger partial charge in [0, 0.05) is 18.1 Å². The van der Waals surface area contributed by atoms with Crippen LogP contribution in [0.2, 0.25) is 5.02 Å². The Morgan fingerprint density at radius 2 is 2.12 bits per heavy atom. The van der Waals surface area contributed by atoms with E-state index in [2.05, 4.69) is 10.3 Å². The van der Waals surface area contributed by atoms with Crippen LogP contribution in [0.5, 0.6) is 0 Å². The molecule has 0 aliphatic heterocycles. The number of fused-ring (bicyclic) bond motifs is 3. The van der Waals surface area contributed by atoms with Crippen molar-refractivity contribution < 1.29 is 4.42 Å². The third-order valence-electron chi connectivity index (χ3n) is 3.91. The summed E-state index contributed by atoms with van der Waals surface area (Å²) in [4.78, 5) is 16.7. The lowest BCUT2D eigenvalue weighted by molar-refractivity contribution is 0.619. The molecule has 0 atom stereocenters. The minimum atomic E-state index is -0.431. The minimum absolute atomic E-state index is 0.431. The number of aromatic nitrogens is 2. The maximum Gasteiger partial charge on any atom is 0.354 e. The number of hydrogen-bond acceptors (Lipinski definition) is 5. The maximum absolute atomic E-state index is 12.6. The Kier molecular flexibility index (Phi) is 3.21. The van der Waals surface area contributed by atoms with Crippen molar-refractivity contribution in [3.8, 4) is 5.69 Å². The maximum atomic E-state index is 12.6. The first kappa shape index (κ1) is 14.6. The van der Waals surface area contributed by atoms with Gasteiger partial charge in [-0.15, -0.1) is 0 Å². The van der Waals surface area contributed by atoms with E-state index < -0.39 is 5.69 Å². The van der Waals surface area contributed by atoms with Crippen molar-refractivity contribution in [2.75, 3.05) is 18.1 Å². The number of rotatable bonds is 2. The molecule has 4 aromatic rings. The lowest BCUT2D eigenvalue weighted by atomic mass is 10.1. The van der Waals surface area contributed by atoms with Crippen LogP contribution in [0, 0.1) is 0 Å². The normalized spacial score (nSPS) is 11.2. The molecule has 0 spiro atoms. The van der Waals surface area contributed by atoms with Crippen LogP contribution in [0.25, 0.3) is 27.6 Å². The Labute approximate surface area is 141 Å². The van der Waals surface area contributed by atoms with Crippen molar-refractivity contribution in [2.45, 2.75) is 0 Å². The van der Waals surface area contributed by atoms with E-state index in [1.54, 1.807) is 49.7 Å². The molecule has 7 heteroatoms. The predicted octanol–water partition coefficient (Wildman–Crippen LogP) is 3.41. The second-order valence-electron chi connectivity index (χ2n) is 5.34. The Balaban J connectivity index is 2.24. The molecule has 3 N–H and O–H groups in total. The van der Waals surface area contributed by atoms with E-state index in [0.717, 1.165) is 5.39 Å². The number of benzene rings is 2. The molecule has 0 saturated heterocycles. The highest BCUT2D eigenvalue weighted by atomic mass is 35.5. The Morgan fingerprint density at radius 1 is 1.29 bits per heavy atom. The molecule has 2 heterocycles. The Morgan fingerprint density at radius 3 is 2.88 bits per heavy atom. The van der Waals surface area contributed by atoms with Gasteiger partial charge in [0.25, 0.3) is 0 Å². The predicted molar refractivity (Wildman–Crippen MR) is 96.1 cm³/mol. The second kappa shape index (κ2) is 5.28. The zero-order valence-electron chi connectivity index (χ0n) is 12.7. The summed E-state index contributed by atoms with van der Waals surface area (Å²) in [5.41, 5.74) is 7.76. The quantitative estimate of drug-likeness (QED) is 0.546. The van der Waals surface area contributed by atoms with Crippen molar-refractivity contribution in [2.24, 2.45) is 0 Å². The van der Waals surface area contributed by atoms with Gasteiger partial charge in [-0.25, -0.2) is 4.79 Å². The van der Waals surface area contributed by atoms with Gasteiger partial charge >= 0.3 is 5.69 Å². The molecule has 0 unspecified atom stereocenters. The first-order chi connectivity index (χ1) is 11.6. The number of halogens is 1. The summed E-state index contributed by atoms with van der Waals surface area (Å²) in [6, 6.07) is 10.6. The average molecular weight is 341 g/mol. The van der Waals surface area contributed by atoms with E-state index in [1.807, 2.05) is 0 Å². The standard InChI is InChI=1S/C17H13ClN4O2/c1-20-16-14-13(8-12(18)11-5-6-24-15(11)14)22(17(23)21-16)10-4-2-3-9(19)7-10/h2-8H,19H2,1H3,(H,20,21,23). The monoisotopic (exact) mass is 340 g/mol. The van der Waals surface area contributed by atoms with Crippen molar-refractivity contribution in [3.63, 3.8) is 0 Å². The molecular formula is C17H13ClN4O2. The summed E-state index contributed by atoms with van der Waals surface area (Å²) < 4.78 is 7.08. The van der Waals surface area contributed by atoms with E-state index in [4.69, 9.17) is 21.8 Å². The van der Waals surface area contributed by atoms with E-state index in [0.29, 0.717) is 38.7 Å². The number of furan rings is 1. The van der Waals surface area contributed by atoms with Gasteiger partial charge in [-0.1, -0.05) is 17.7 Å². The van der Waals surface area contributed by atoms with Crippen LogP contribution >= 0.6 is 11.6 Å². The third kappa shape index (κ3) is 2.04. The zero-order valence-corrected chi connectivity index (χ0v) is 13.5. The van der Waals surface area contributed by atoms with Gasteiger partial charge in [-0.2, -0.15) is 4.98 Å². The van der Waals surface area contributed by atoms with Crippen LogP contribution in [-0.4, -0.2) is 16.6 Å². The second-order valence-corrected chi connectivity index (χ2v) is 5.75. The highest BCUT2D eigenvalue weighted by molar-refractivity contribution is 6.37. The van der Waals surface area contributed by atoms with Gasteiger partial charge in [0.1, 0.15) is 11.4 Å². The molecule has 0 bridgehead atoms. The van der Waals surface area contributed by atoms with Crippen molar-refractivity contribution in [3.05, 3.63) is 58.2 Å². The van der Waals surface area contributed by atoms with Gasteiger partial charge in [-0.05, 0) is 30.3 Å². The van der Waals surface area contributed by atoms with E-state index in [1.165, 1.54) is 4.57 Å². The zero-order chi connectivity index (χ0) is 16.8. The molecule has 6 nitrogen and oxygen atoms in total. The van der Waals surface area contributed by atoms with Crippen LogP contribution in [0.4, 0.5) is 11.5 Å². The van der Waals surface area contributed by atoms with Crippen LogP contribution in [0.1, 0.15) is 0 Å².